The summed E-state index contributed by atoms with van der Waals surface area (Å²) in [7, 11) is 1.47. The van der Waals surface area contributed by atoms with E-state index in [2.05, 4.69) is 10.6 Å². The molecule has 0 heterocycles. The molecule has 0 aliphatic carbocycles. The number of anilines is 1. The van der Waals surface area contributed by atoms with Gasteiger partial charge in [0.05, 0.1) is 0 Å². The smallest absolute Gasteiger partial charge is 0.410 e. The Balaban J connectivity index is 2.70. The van der Waals surface area contributed by atoms with Crippen LogP contribution in [0, 0.1) is 11.8 Å². The Morgan fingerprint density at radius 3 is 2.18 bits per heavy atom. The highest BCUT2D eigenvalue weighted by molar-refractivity contribution is 5.97. The first-order chi connectivity index (χ1) is 16.0. The van der Waals surface area contributed by atoms with E-state index in [4.69, 9.17) is 16.2 Å². The van der Waals surface area contributed by atoms with Gasteiger partial charge in [0.1, 0.15) is 18.7 Å². The Labute approximate surface area is 201 Å². The van der Waals surface area contributed by atoms with Crippen LogP contribution < -0.4 is 22.1 Å². The third-order valence-electron chi connectivity index (χ3n) is 5.15. The number of hydrogen-bond acceptors (Lipinski definition) is 6. The van der Waals surface area contributed by atoms with E-state index in [0.717, 1.165) is 0 Å². The molecule has 1 aromatic carbocycles. The van der Waals surface area contributed by atoms with E-state index in [1.165, 1.54) is 11.9 Å². The van der Waals surface area contributed by atoms with Gasteiger partial charge in [0.15, 0.2) is 0 Å². The minimum atomic E-state index is -0.765. The molecular formula is C24H39N5O5. The number of carbonyl (C=O) groups excluding carboxylic acids is 4. The number of carbonyl (C=O) groups is 4. The van der Waals surface area contributed by atoms with Crippen LogP contribution in [-0.2, 0) is 25.7 Å². The molecule has 0 saturated heterocycles. The third-order valence-corrected chi connectivity index (χ3v) is 5.15. The monoisotopic (exact) mass is 477 g/mol. The van der Waals surface area contributed by atoms with Crippen LogP contribution in [0.25, 0.3) is 0 Å². The lowest BCUT2D eigenvalue weighted by atomic mass is 10.0. The van der Waals surface area contributed by atoms with Gasteiger partial charge in [-0.2, -0.15) is 0 Å². The number of primary amides is 1. The van der Waals surface area contributed by atoms with Gasteiger partial charge in [-0.25, -0.2) is 4.79 Å². The van der Waals surface area contributed by atoms with Crippen molar-refractivity contribution < 1.29 is 23.9 Å². The van der Waals surface area contributed by atoms with Crippen molar-refractivity contribution in [3.05, 3.63) is 29.8 Å². The summed E-state index contributed by atoms with van der Waals surface area (Å²) in [6.07, 6.45) is 0.726. The maximum atomic E-state index is 12.7. The summed E-state index contributed by atoms with van der Waals surface area (Å²) in [6.45, 7) is 7.87. The highest BCUT2D eigenvalue weighted by atomic mass is 16.6. The minimum Gasteiger partial charge on any atom is -0.445 e. The molecule has 0 fully saturated rings. The van der Waals surface area contributed by atoms with Gasteiger partial charge in [0, 0.05) is 19.2 Å². The van der Waals surface area contributed by atoms with Gasteiger partial charge >= 0.3 is 6.09 Å². The van der Waals surface area contributed by atoms with Gasteiger partial charge in [-0.05, 0) is 48.9 Å². The van der Waals surface area contributed by atoms with Gasteiger partial charge in [0.25, 0.3) is 0 Å². The highest BCUT2D eigenvalue weighted by Gasteiger charge is 2.29. The summed E-state index contributed by atoms with van der Waals surface area (Å²) in [5, 5.41) is 5.58. The van der Waals surface area contributed by atoms with Crippen molar-refractivity contribution in [2.24, 2.45) is 23.3 Å². The Bertz CT molecular complexity index is 826. The van der Waals surface area contributed by atoms with Crippen molar-refractivity contribution in [3.63, 3.8) is 0 Å². The van der Waals surface area contributed by atoms with Crippen LogP contribution in [0.2, 0.25) is 0 Å². The number of nitrogens with two attached hydrogens (primary N) is 2. The van der Waals surface area contributed by atoms with Crippen molar-refractivity contribution in [1.29, 1.82) is 0 Å². The first-order valence-electron chi connectivity index (χ1n) is 11.5. The average Bonchev–Trinajstić information content (AvgIpc) is 2.74. The van der Waals surface area contributed by atoms with E-state index < -0.39 is 24.1 Å². The number of likely N-dealkylation sites (N-methyl/N-ethyl adjacent to an activating group) is 1. The molecule has 1 rings (SSSR count). The SMILES string of the molecule is CC(C)CC(=O)NC(CCCN)C(=O)Nc1ccc(COC(=O)N(C)[C@H](C(N)=O)C(C)C)cc1. The van der Waals surface area contributed by atoms with Crippen LogP contribution in [0.15, 0.2) is 24.3 Å². The summed E-state index contributed by atoms with van der Waals surface area (Å²) in [5.74, 6) is -1.06. The van der Waals surface area contributed by atoms with Gasteiger partial charge in [-0.15, -0.1) is 0 Å². The standard InChI is InChI=1S/C24H39N5O5/c1-15(2)13-20(30)28-19(7-6-12-25)23(32)27-18-10-8-17(9-11-18)14-34-24(33)29(5)21(16(3)4)22(26)31/h8-11,15-16,19,21H,6-7,12-14,25H2,1-5H3,(H2,26,31)(H,27,32)(H,28,30)/t19?,21-/m0/s1. The first kappa shape index (κ1) is 28.9. The molecule has 34 heavy (non-hydrogen) atoms. The molecule has 0 aliphatic rings. The molecule has 6 N–H and O–H groups in total. The number of amides is 4. The number of nitrogens with one attached hydrogen (secondary N) is 2. The lowest BCUT2D eigenvalue weighted by molar-refractivity contribution is -0.127. The average molecular weight is 478 g/mol. The van der Waals surface area contributed by atoms with Crippen molar-refractivity contribution >= 4 is 29.5 Å². The van der Waals surface area contributed by atoms with Crippen molar-refractivity contribution in [2.45, 2.75) is 65.6 Å². The molecule has 10 nitrogen and oxygen atoms in total. The molecule has 1 unspecified atom stereocenters. The molecule has 0 aliphatic heterocycles. The molecule has 0 radical (unpaired) electrons. The summed E-state index contributed by atoms with van der Waals surface area (Å²) >= 11 is 0. The summed E-state index contributed by atoms with van der Waals surface area (Å²) in [5.41, 5.74) is 12.2. The van der Waals surface area contributed by atoms with Gasteiger partial charge < -0.3 is 26.8 Å². The Morgan fingerprint density at radius 1 is 1.06 bits per heavy atom. The van der Waals surface area contributed by atoms with Crippen molar-refractivity contribution in [2.75, 3.05) is 18.9 Å². The van der Waals surface area contributed by atoms with Crippen molar-refractivity contribution in [3.8, 4) is 0 Å². The van der Waals surface area contributed by atoms with Crippen LogP contribution in [0.3, 0.4) is 0 Å². The summed E-state index contributed by atoms with van der Waals surface area (Å²) in [4.78, 5) is 49.9. The quantitative estimate of drug-likeness (QED) is 0.340. The number of nitrogens with zero attached hydrogens (tertiary/aromatic N) is 1. The van der Waals surface area contributed by atoms with E-state index in [9.17, 15) is 19.2 Å². The van der Waals surface area contributed by atoms with Crippen LogP contribution in [0.5, 0.6) is 0 Å². The fourth-order valence-corrected chi connectivity index (χ4v) is 3.46. The van der Waals surface area contributed by atoms with E-state index >= 15 is 0 Å². The lowest BCUT2D eigenvalue weighted by Crippen LogP contribution is -2.48. The molecular weight excluding hydrogens is 438 g/mol. The summed E-state index contributed by atoms with van der Waals surface area (Å²) < 4.78 is 5.28. The number of benzene rings is 1. The zero-order valence-corrected chi connectivity index (χ0v) is 20.8. The Hall–Kier alpha value is -3.14. The molecule has 0 saturated carbocycles. The second kappa shape index (κ2) is 14.2. The molecule has 2 atom stereocenters. The topological polar surface area (TPSA) is 157 Å². The zero-order chi connectivity index (χ0) is 25.8. The van der Waals surface area contributed by atoms with Crippen LogP contribution in [-0.4, -0.2) is 54.4 Å². The number of ether oxygens (including phenoxy) is 1. The zero-order valence-electron chi connectivity index (χ0n) is 20.8. The van der Waals surface area contributed by atoms with Crippen LogP contribution in [0.4, 0.5) is 10.5 Å². The van der Waals surface area contributed by atoms with E-state index in [0.29, 0.717) is 37.1 Å². The van der Waals surface area contributed by atoms with E-state index in [1.807, 2.05) is 13.8 Å². The molecule has 190 valence electrons. The molecule has 0 aromatic heterocycles. The van der Waals surface area contributed by atoms with Gasteiger partial charge in [-0.1, -0.05) is 39.8 Å². The molecule has 1 aromatic rings. The van der Waals surface area contributed by atoms with E-state index in [-0.39, 0.29) is 30.3 Å². The normalized spacial score (nSPS) is 12.7. The predicted octanol–water partition coefficient (Wildman–Crippen LogP) is 1.97. The molecule has 10 heteroatoms. The van der Waals surface area contributed by atoms with Crippen LogP contribution >= 0.6 is 0 Å². The fourth-order valence-electron chi connectivity index (χ4n) is 3.46. The Morgan fingerprint density at radius 2 is 1.68 bits per heavy atom. The van der Waals surface area contributed by atoms with Crippen molar-refractivity contribution in [1.82, 2.24) is 10.2 Å². The molecule has 4 amide bonds. The number of hydrogen-bond donors (Lipinski definition) is 4. The third kappa shape index (κ3) is 9.78. The van der Waals surface area contributed by atoms with Gasteiger partial charge in [-0.3, -0.25) is 19.3 Å². The van der Waals surface area contributed by atoms with Gasteiger partial charge in [0.2, 0.25) is 17.7 Å². The fraction of sp³-hybridized carbons (Fsp3) is 0.583. The summed E-state index contributed by atoms with van der Waals surface area (Å²) in [6, 6.07) is 5.34. The maximum Gasteiger partial charge on any atom is 0.410 e. The second-order valence-electron chi connectivity index (χ2n) is 9.09. The Kier molecular flexibility index (Phi) is 12.1. The highest BCUT2D eigenvalue weighted by Crippen LogP contribution is 2.14. The minimum absolute atomic E-state index is 0.00857. The van der Waals surface area contributed by atoms with E-state index in [1.54, 1.807) is 38.1 Å². The largest absolute Gasteiger partial charge is 0.445 e. The maximum absolute atomic E-state index is 12.7. The molecule has 0 bridgehead atoms. The second-order valence-corrected chi connectivity index (χ2v) is 9.09. The molecule has 0 spiro atoms. The number of rotatable bonds is 13. The predicted molar refractivity (Wildman–Crippen MR) is 131 cm³/mol. The van der Waals surface area contributed by atoms with Crippen LogP contribution in [0.1, 0.15) is 52.5 Å². The lowest BCUT2D eigenvalue weighted by Gasteiger charge is -2.27. The first-order valence-corrected chi connectivity index (χ1v) is 11.5.